The molecular formula is C51H38BrF3N2O6. The van der Waals surface area contributed by atoms with E-state index in [9.17, 15) is 32.3 Å². The molecule has 0 heterocycles. The van der Waals surface area contributed by atoms with Gasteiger partial charge in [-0.1, -0.05) is 155 Å². The van der Waals surface area contributed by atoms with E-state index >= 15 is 0 Å². The van der Waals surface area contributed by atoms with Gasteiger partial charge in [0.15, 0.2) is 0 Å². The molecule has 0 saturated heterocycles. The summed E-state index contributed by atoms with van der Waals surface area (Å²) in [4.78, 5) is 54.3. The topological polar surface area (TPSA) is 111 Å². The number of amides is 2. The molecule has 7 aromatic carbocycles. The van der Waals surface area contributed by atoms with Gasteiger partial charge in [0.2, 0.25) is 0 Å². The van der Waals surface area contributed by atoms with Gasteiger partial charge in [0.25, 0.3) is 11.8 Å². The van der Waals surface area contributed by atoms with E-state index in [4.69, 9.17) is 4.74 Å². The minimum atomic E-state index is -4.82. The van der Waals surface area contributed by atoms with Crippen molar-refractivity contribution >= 4 is 39.7 Å². The summed E-state index contributed by atoms with van der Waals surface area (Å²) in [5.74, 6) is -3.11. The molecule has 2 atom stereocenters. The zero-order valence-corrected chi connectivity index (χ0v) is 34.9. The van der Waals surface area contributed by atoms with Crippen molar-refractivity contribution in [2.45, 2.75) is 31.3 Å². The number of rotatable bonds is 14. The maximum Gasteiger partial charge on any atom is 0.573 e. The Morgan fingerprint density at radius 1 is 0.476 bits per heavy atom. The average Bonchev–Trinajstić information content (AvgIpc) is 3.29. The molecule has 8 nitrogen and oxygen atoms in total. The maximum absolute atomic E-state index is 13.7. The van der Waals surface area contributed by atoms with E-state index in [0.29, 0.717) is 32.3 Å². The van der Waals surface area contributed by atoms with Crippen LogP contribution in [0, 0.1) is 0 Å². The van der Waals surface area contributed by atoms with Gasteiger partial charge in [0, 0.05) is 15.6 Å². The summed E-state index contributed by atoms with van der Waals surface area (Å²) in [6, 6.07) is 50.8. The molecule has 0 radical (unpaired) electrons. The first-order valence-electron chi connectivity index (χ1n) is 19.7. The molecule has 0 aliphatic carbocycles. The van der Waals surface area contributed by atoms with Gasteiger partial charge >= 0.3 is 18.3 Å². The van der Waals surface area contributed by atoms with Crippen molar-refractivity contribution in [2.75, 3.05) is 0 Å². The molecule has 316 valence electrons. The second-order valence-corrected chi connectivity index (χ2v) is 15.4. The molecule has 2 amide bonds. The van der Waals surface area contributed by atoms with Gasteiger partial charge in [-0.2, -0.15) is 0 Å². The van der Waals surface area contributed by atoms with Crippen LogP contribution < -0.4 is 15.4 Å². The standard InChI is InChI=1S/C51H38BrF3N2O6/c52-43-13-7-12-42(30-43)50(61)57-46(40-22-16-36(17-23-40)34-10-5-2-6-11-34)32-48(59)62-47(58)31-45(39-20-14-35(15-21-39)33-8-3-1-4-9-33)56-49(60)41-24-18-37(19-25-41)38-26-28-44(29-27-38)63-51(53,54)55/h1-30,45-46H,31-32H2,(H,56,60)(H,57,61). The van der Waals surface area contributed by atoms with Crippen molar-refractivity contribution < 1.29 is 41.8 Å². The van der Waals surface area contributed by atoms with Gasteiger partial charge in [-0.3, -0.25) is 19.2 Å². The SMILES string of the molecule is O=C(CC(NC(=O)c1ccc(-c2ccc(OC(F)(F)F)cc2)cc1)c1ccc(-c2ccccc2)cc1)OC(=O)CC(NC(=O)c1cccc(Br)c1)c1ccc(-c2ccccc2)cc1. The van der Waals surface area contributed by atoms with Gasteiger partial charge in [-0.15, -0.1) is 13.2 Å². The highest BCUT2D eigenvalue weighted by molar-refractivity contribution is 9.10. The predicted molar refractivity (Wildman–Crippen MR) is 237 cm³/mol. The van der Waals surface area contributed by atoms with Crippen molar-refractivity contribution in [3.8, 4) is 39.1 Å². The molecule has 2 unspecified atom stereocenters. The van der Waals surface area contributed by atoms with Crippen LogP contribution in [-0.2, 0) is 14.3 Å². The number of carbonyl (C=O) groups is 4. The third kappa shape index (κ3) is 12.2. The molecule has 2 N–H and O–H groups in total. The smallest absolute Gasteiger partial charge is 0.406 e. The Labute approximate surface area is 369 Å². The van der Waals surface area contributed by atoms with Crippen LogP contribution in [0.15, 0.2) is 186 Å². The van der Waals surface area contributed by atoms with E-state index in [2.05, 4.69) is 31.3 Å². The Kier molecular flexibility index (Phi) is 13.9. The molecule has 0 spiro atoms. The van der Waals surface area contributed by atoms with Gasteiger partial charge in [0.05, 0.1) is 24.9 Å². The zero-order chi connectivity index (χ0) is 44.3. The monoisotopic (exact) mass is 910 g/mol. The molecule has 0 fully saturated rings. The normalized spacial score (nSPS) is 12.1. The summed E-state index contributed by atoms with van der Waals surface area (Å²) < 4.78 is 47.9. The second kappa shape index (κ2) is 20.0. The number of esters is 2. The van der Waals surface area contributed by atoms with E-state index < -0.39 is 48.6 Å². The average molecular weight is 912 g/mol. The molecule has 0 aromatic heterocycles. The number of benzene rings is 7. The van der Waals surface area contributed by atoms with Crippen molar-refractivity contribution in [2.24, 2.45) is 0 Å². The van der Waals surface area contributed by atoms with E-state index in [0.717, 1.165) is 22.3 Å². The van der Waals surface area contributed by atoms with Crippen molar-refractivity contribution in [3.05, 3.63) is 209 Å². The number of halogens is 4. The molecule has 63 heavy (non-hydrogen) atoms. The molecule has 0 aliphatic rings. The van der Waals surface area contributed by atoms with Gasteiger partial charge < -0.3 is 20.1 Å². The summed E-state index contributed by atoms with van der Waals surface area (Å²) >= 11 is 3.39. The number of hydrogen-bond acceptors (Lipinski definition) is 6. The van der Waals surface area contributed by atoms with E-state index in [-0.39, 0.29) is 17.7 Å². The quantitative estimate of drug-likeness (QED) is 0.0830. The summed E-state index contributed by atoms with van der Waals surface area (Å²) in [6.45, 7) is 0. The first-order chi connectivity index (χ1) is 30.4. The second-order valence-electron chi connectivity index (χ2n) is 14.4. The molecule has 0 bridgehead atoms. The fraction of sp³-hybridized carbons (Fsp3) is 0.0980. The third-order valence-corrected chi connectivity index (χ3v) is 10.6. The number of nitrogens with one attached hydrogen (secondary N) is 2. The Morgan fingerprint density at radius 2 is 0.873 bits per heavy atom. The highest BCUT2D eigenvalue weighted by atomic mass is 79.9. The van der Waals surface area contributed by atoms with Crippen molar-refractivity contribution in [1.29, 1.82) is 0 Å². The lowest BCUT2D eigenvalue weighted by molar-refractivity contribution is -0.274. The fourth-order valence-electron chi connectivity index (χ4n) is 6.90. The molecule has 7 rings (SSSR count). The summed E-state index contributed by atoms with van der Waals surface area (Å²) in [6.07, 6.45) is -5.60. The van der Waals surface area contributed by atoms with Crippen molar-refractivity contribution in [3.63, 3.8) is 0 Å². The number of hydrogen-bond donors (Lipinski definition) is 2. The highest BCUT2D eigenvalue weighted by Gasteiger charge is 2.31. The molecule has 7 aromatic rings. The van der Waals surface area contributed by atoms with Gasteiger partial charge in [0.1, 0.15) is 5.75 Å². The van der Waals surface area contributed by atoms with Gasteiger partial charge in [-0.05, 0) is 87.0 Å². The Bertz CT molecular complexity index is 2680. The van der Waals surface area contributed by atoms with Crippen LogP contribution in [0.3, 0.4) is 0 Å². The van der Waals surface area contributed by atoms with Crippen LogP contribution in [0.5, 0.6) is 5.75 Å². The lowest BCUT2D eigenvalue weighted by Gasteiger charge is -2.21. The van der Waals surface area contributed by atoms with Gasteiger partial charge in [-0.25, -0.2) is 0 Å². The lowest BCUT2D eigenvalue weighted by atomic mass is 9.98. The van der Waals surface area contributed by atoms with E-state index in [1.807, 2.05) is 97.1 Å². The van der Waals surface area contributed by atoms with Crippen LogP contribution >= 0.6 is 15.9 Å². The van der Waals surface area contributed by atoms with E-state index in [1.165, 1.54) is 24.3 Å². The van der Waals surface area contributed by atoms with Crippen LogP contribution in [0.2, 0.25) is 0 Å². The molecule has 0 aliphatic heterocycles. The van der Waals surface area contributed by atoms with Crippen LogP contribution in [-0.4, -0.2) is 30.1 Å². The fourth-order valence-corrected chi connectivity index (χ4v) is 7.30. The minimum Gasteiger partial charge on any atom is -0.406 e. The number of alkyl halides is 3. The number of ether oxygens (including phenoxy) is 2. The number of carbonyl (C=O) groups excluding carboxylic acids is 4. The van der Waals surface area contributed by atoms with Crippen LogP contribution in [0.1, 0.15) is 56.8 Å². The summed E-state index contributed by atoms with van der Waals surface area (Å²) in [5, 5.41) is 5.82. The van der Waals surface area contributed by atoms with Crippen LogP contribution in [0.4, 0.5) is 13.2 Å². The lowest BCUT2D eigenvalue weighted by Crippen LogP contribution is -2.32. The van der Waals surface area contributed by atoms with Crippen molar-refractivity contribution in [1.82, 2.24) is 10.6 Å². The highest BCUT2D eigenvalue weighted by Crippen LogP contribution is 2.29. The first-order valence-corrected chi connectivity index (χ1v) is 20.5. The largest absolute Gasteiger partial charge is 0.573 e. The summed E-state index contributed by atoms with van der Waals surface area (Å²) in [5.41, 5.74) is 6.82. The Morgan fingerprint density at radius 3 is 1.30 bits per heavy atom. The third-order valence-electron chi connectivity index (χ3n) is 10.1. The summed E-state index contributed by atoms with van der Waals surface area (Å²) in [7, 11) is 0. The maximum atomic E-state index is 13.7. The molecular weight excluding hydrogens is 873 g/mol. The Hall–Kier alpha value is -7.31. The minimum absolute atomic E-state index is 0.244. The Balaban J connectivity index is 1.07. The van der Waals surface area contributed by atoms with E-state index in [1.54, 1.807) is 60.7 Å². The van der Waals surface area contributed by atoms with Crippen LogP contribution in [0.25, 0.3) is 33.4 Å². The molecule has 0 saturated carbocycles. The zero-order valence-electron chi connectivity index (χ0n) is 33.4. The predicted octanol–water partition coefficient (Wildman–Crippen LogP) is 11.8. The molecule has 12 heteroatoms. The first kappa shape index (κ1) is 43.8.